The number of benzene rings is 1. The molecule has 1 aromatic carbocycles. The molecule has 7 heteroatoms. The molecule has 2 aliphatic heterocycles. The number of morpholine rings is 1. The van der Waals surface area contributed by atoms with Crippen LogP contribution in [0.1, 0.15) is 12.0 Å². The van der Waals surface area contributed by atoms with Crippen LogP contribution in [0.3, 0.4) is 0 Å². The number of guanidine groups is 1. The molecule has 0 aliphatic carbocycles. The van der Waals surface area contributed by atoms with Gasteiger partial charge in [0.25, 0.3) is 0 Å². The van der Waals surface area contributed by atoms with Gasteiger partial charge in [-0.15, -0.1) is 0 Å². The van der Waals surface area contributed by atoms with Crippen LogP contribution in [0.5, 0.6) is 0 Å². The molecule has 1 atom stereocenters. The predicted octanol–water partition coefficient (Wildman–Crippen LogP) is 2.08. The van der Waals surface area contributed by atoms with Crippen LogP contribution in [-0.4, -0.2) is 80.3 Å². The van der Waals surface area contributed by atoms with Crippen LogP contribution in [0.4, 0.5) is 4.39 Å². The number of hydrogen-bond donors (Lipinski definition) is 2. The number of fused-ring (bicyclic) bond motifs is 1. The van der Waals surface area contributed by atoms with E-state index < -0.39 is 0 Å². The van der Waals surface area contributed by atoms with Crippen LogP contribution in [0.15, 0.2) is 29.4 Å². The molecule has 152 valence electrons. The summed E-state index contributed by atoms with van der Waals surface area (Å²) in [5, 5.41) is 4.45. The quantitative estimate of drug-likeness (QED) is 0.609. The Kier molecular flexibility index (Phi) is 6.12. The molecule has 6 nitrogen and oxygen atoms in total. The molecular weight excluding hydrogens is 357 g/mol. The molecule has 1 unspecified atom stereocenters. The van der Waals surface area contributed by atoms with Crippen molar-refractivity contribution in [2.75, 3.05) is 59.5 Å². The number of hydrogen-bond acceptors (Lipinski definition) is 3. The lowest BCUT2D eigenvalue weighted by atomic mass is 10.1. The average Bonchev–Trinajstić information content (AvgIpc) is 3.33. The third-order valence-electron chi connectivity index (χ3n) is 5.82. The first-order valence-electron chi connectivity index (χ1n) is 10.2. The van der Waals surface area contributed by atoms with Gasteiger partial charge in [0, 0.05) is 63.4 Å². The Hall–Kier alpha value is -2.12. The number of nitrogens with one attached hydrogen (secondary N) is 2. The number of H-pyrrole nitrogens is 1. The molecule has 2 aliphatic rings. The molecule has 2 aromatic rings. The molecule has 4 rings (SSSR count). The summed E-state index contributed by atoms with van der Waals surface area (Å²) in [7, 11) is 1.85. The van der Waals surface area contributed by atoms with Crippen molar-refractivity contribution in [3.8, 4) is 0 Å². The lowest BCUT2D eigenvalue weighted by molar-refractivity contribution is 0.0315. The number of aromatic amines is 1. The van der Waals surface area contributed by atoms with Crippen molar-refractivity contribution in [1.82, 2.24) is 20.1 Å². The molecule has 28 heavy (non-hydrogen) atoms. The number of rotatable bonds is 5. The lowest BCUT2D eigenvalue weighted by Crippen LogP contribution is -2.42. The van der Waals surface area contributed by atoms with Crippen LogP contribution < -0.4 is 5.32 Å². The normalized spacial score (nSPS) is 21.6. The van der Waals surface area contributed by atoms with Gasteiger partial charge in [-0.3, -0.25) is 9.89 Å². The van der Waals surface area contributed by atoms with Crippen molar-refractivity contribution in [3.63, 3.8) is 0 Å². The van der Waals surface area contributed by atoms with Gasteiger partial charge in [0.2, 0.25) is 0 Å². The largest absolute Gasteiger partial charge is 0.379 e. The van der Waals surface area contributed by atoms with Crippen molar-refractivity contribution in [1.29, 1.82) is 0 Å². The highest BCUT2D eigenvalue weighted by Gasteiger charge is 2.27. The highest BCUT2D eigenvalue weighted by atomic mass is 19.1. The minimum atomic E-state index is -0.194. The highest BCUT2D eigenvalue weighted by Crippen LogP contribution is 2.20. The summed E-state index contributed by atoms with van der Waals surface area (Å²) in [6.07, 6.45) is 4.01. The zero-order valence-corrected chi connectivity index (χ0v) is 16.6. The van der Waals surface area contributed by atoms with Crippen molar-refractivity contribution in [2.24, 2.45) is 10.9 Å². The third kappa shape index (κ3) is 4.47. The molecule has 0 radical (unpaired) electrons. The summed E-state index contributed by atoms with van der Waals surface area (Å²) < 4.78 is 19.0. The maximum atomic E-state index is 13.5. The Labute approximate surface area is 165 Å². The molecule has 0 bridgehead atoms. The minimum absolute atomic E-state index is 0.194. The van der Waals surface area contributed by atoms with Gasteiger partial charge in [0.1, 0.15) is 5.82 Å². The van der Waals surface area contributed by atoms with E-state index in [-0.39, 0.29) is 5.82 Å². The molecule has 0 saturated carbocycles. The first-order chi connectivity index (χ1) is 13.7. The molecule has 2 saturated heterocycles. The fourth-order valence-corrected chi connectivity index (χ4v) is 4.32. The van der Waals surface area contributed by atoms with Crippen molar-refractivity contribution in [2.45, 2.75) is 12.8 Å². The van der Waals surface area contributed by atoms with Gasteiger partial charge in [0.05, 0.1) is 13.2 Å². The van der Waals surface area contributed by atoms with Crippen LogP contribution in [0.2, 0.25) is 0 Å². The van der Waals surface area contributed by atoms with Crippen LogP contribution in [-0.2, 0) is 11.2 Å². The molecule has 2 fully saturated rings. The Morgan fingerprint density at radius 1 is 1.32 bits per heavy atom. The fraction of sp³-hybridized carbons (Fsp3) is 0.571. The Balaban J connectivity index is 1.27. The fourth-order valence-electron chi connectivity index (χ4n) is 4.32. The Morgan fingerprint density at radius 2 is 2.18 bits per heavy atom. The summed E-state index contributed by atoms with van der Waals surface area (Å²) in [6, 6.07) is 4.88. The monoisotopic (exact) mass is 387 g/mol. The lowest BCUT2D eigenvalue weighted by Gasteiger charge is -2.29. The van der Waals surface area contributed by atoms with E-state index in [1.165, 1.54) is 12.5 Å². The summed E-state index contributed by atoms with van der Waals surface area (Å²) in [4.78, 5) is 12.6. The number of likely N-dealkylation sites (tertiary alicyclic amines) is 1. The van der Waals surface area contributed by atoms with E-state index in [9.17, 15) is 4.39 Å². The topological polar surface area (TPSA) is 55.9 Å². The van der Waals surface area contributed by atoms with Gasteiger partial charge in [-0.05, 0) is 42.5 Å². The van der Waals surface area contributed by atoms with Crippen molar-refractivity contribution < 1.29 is 9.13 Å². The molecule has 0 spiro atoms. The van der Waals surface area contributed by atoms with Crippen molar-refractivity contribution in [3.05, 3.63) is 35.8 Å². The molecule has 2 N–H and O–H groups in total. The van der Waals surface area contributed by atoms with E-state index in [0.29, 0.717) is 5.92 Å². The zero-order chi connectivity index (χ0) is 19.3. The van der Waals surface area contributed by atoms with Crippen LogP contribution in [0.25, 0.3) is 10.9 Å². The van der Waals surface area contributed by atoms with Gasteiger partial charge in [-0.25, -0.2) is 4.39 Å². The minimum Gasteiger partial charge on any atom is -0.379 e. The SMILES string of the molecule is CN=C(NCCc1c[nH]c2ccc(F)cc12)N1CCC(CN2CCOCC2)C1. The molecular formula is C21H30FN5O. The van der Waals surface area contributed by atoms with E-state index in [0.717, 1.165) is 81.3 Å². The van der Waals surface area contributed by atoms with Crippen molar-refractivity contribution >= 4 is 16.9 Å². The van der Waals surface area contributed by atoms with Gasteiger partial charge in [-0.1, -0.05) is 0 Å². The van der Waals surface area contributed by atoms with E-state index >= 15 is 0 Å². The zero-order valence-electron chi connectivity index (χ0n) is 16.6. The molecule has 0 amide bonds. The van der Waals surface area contributed by atoms with E-state index in [1.807, 2.05) is 13.2 Å². The van der Waals surface area contributed by atoms with Gasteiger partial charge in [-0.2, -0.15) is 0 Å². The van der Waals surface area contributed by atoms with Crippen LogP contribution in [0, 0.1) is 11.7 Å². The number of nitrogens with zero attached hydrogens (tertiary/aromatic N) is 3. The Bertz CT molecular complexity index is 814. The standard InChI is InChI=1S/C21H30FN5O/c1-23-21(27-7-5-16(15-27)14-26-8-10-28-11-9-26)24-6-4-17-13-25-20-3-2-18(22)12-19(17)20/h2-3,12-13,16,25H,4-11,14-15H2,1H3,(H,23,24). The summed E-state index contributed by atoms with van der Waals surface area (Å²) >= 11 is 0. The predicted molar refractivity (Wildman–Crippen MR) is 110 cm³/mol. The molecule has 3 heterocycles. The van der Waals surface area contributed by atoms with Crippen LogP contribution >= 0.6 is 0 Å². The van der Waals surface area contributed by atoms with Gasteiger partial charge in [0.15, 0.2) is 5.96 Å². The van der Waals surface area contributed by atoms with E-state index in [2.05, 4.69) is 25.1 Å². The number of aromatic nitrogens is 1. The second-order valence-electron chi connectivity index (χ2n) is 7.74. The maximum Gasteiger partial charge on any atom is 0.193 e. The second-order valence-corrected chi connectivity index (χ2v) is 7.74. The van der Waals surface area contributed by atoms with E-state index in [1.54, 1.807) is 12.1 Å². The van der Waals surface area contributed by atoms with Gasteiger partial charge < -0.3 is 19.9 Å². The van der Waals surface area contributed by atoms with Gasteiger partial charge >= 0.3 is 0 Å². The first-order valence-corrected chi connectivity index (χ1v) is 10.2. The summed E-state index contributed by atoms with van der Waals surface area (Å²) in [5.41, 5.74) is 2.11. The average molecular weight is 388 g/mol. The van der Waals surface area contributed by atoms with E-state index in [4.69, 9.17) is 4.74 Å². The maximum absolute atomic E-state index is 13.5. The molecule has 1 aromatic heterocycles. The smallest absolute Gasteiger partial charge is 0.193 e. The number of halogens is 1. The number of aliphatic imine (C=N–C) groups is 1. The number of ether oxygens (including phenoxy) is 1. The second kappa shape index (κ2) is 8.92. The Morgan fingerprint density at radius 3 is 3.00 bits per heavy atom. The highest BCUT2D eigenvalue weighted by molar-refractivity contribution is 5.83. The first kappa shape index (κ1) is 19.2. The summed E-state index contributed by atoms with van der Waals surface area (Å²) in [5.74, 6) is 1.46. The summed E-state index contributed by atoms with van der Waals surface area (Å²) in [6.45, 7) is 7.85. The third-order valence-corrected chi connectivity index (χ3v) is 5.82.